The lowest BCUT2D eigenvalue weighted by Gasteiger charge is -2.23. The monoisotopic (exact) mass is 268 g/mol. The smallest absolute Gasteiger partial charge is 0.278 e. The third-order valence-corrected chi connectivity index (χ3v) is 3.41. The van der Waals surface area contributed by atoms with Crippen LogP contribution < -0.4 is 10.2 Å². The largest absolute Gasteiger partial charge is 0.308 e. The maximum atomic E-state index is 12.7. The summed E-state index contributed by atoms with van der Waals surface area (Å²) >= 11 is 0. The summed E-state index contributed by atoms with van der Waals surface area (Å²) in [6.45, 7) is 3.46. The first kappa shape index (κ1) is 12.7. The average molecular weight is 268 g/mol. The van der Waals surface area contributed by atoms with Gasteiger partial charge in [0.25, 0.3) is 5.91 Å². The van der Waals surface area contributed by atoms with Gasteiger partial charge in [0.2, 0.25) is 0 Å². The molecule has 0 saturated carbocycles. The quantitative estimate of drug-likeness (QED) is 0.853. The Balaban J connectivity index is 2.01. The van der Waals surface area contributed by atoms with Crippen molar-refractivity contribution >= 4 is 11.6 Å². The minimum absolute atomic E-state index is 0.110. The first-order valence-electron chi connectivity index (χ1n) is 6.65. The SMILES string of the molecule is CC1CN(C(=O)c2cnccn2)c2ccccc2CN1. The molecule has 0 saturated heterocycles. The molecule has 2 aromatic rings. The molecule has 1 aliphatic rings. The van der Waals surface area contributed by atoms with Gasteiger partial charge in [-0.05, 0) is 18.6 Å². The van der Waals surface area contributed by atoms with E-state index in [-0.39, 0.29) is 11.9 Å². The Bertz CT molecular complexity index is 614. The van der Waals surface area contributed by atoms with E-state index in [0.717, 1.165) is 17.8 Å². The third kappa shape index (κ3) is 2.40. The van der Waals surface area contributed by atoms with E-state index in [1.54, 1.807) is 17.3 Å². The number of carbonyl (C=O) groups is 1. The molecule has 1 aliphatic heterocycles. The average Bonchev–Trinajstić information content (AvgIpc) is 2.67. The minimum atomic E-state index is -0.110. The maximum Gasteiger partial charge on any atom is 0.278 e. The predicted octanol–water partition coefficient (Wildman–Crippen LogP) is 1.62. The second-order valence-electron chi connectivity index (χ2n) is 4.92. The molecule has 1 unspecified atom stereocenters. The number of para-hydroxylation sites is 1. The number of amides is 1. The van der Waals surface area contributed by atoms with Crippen LogP contribution in [0.1, 0.15) is 23.0 Å². The minimum Gasteiger partial charge on any atom is -0.308 e. The summed E-state index contributed by atoms with van der Waals surface area (Å²) < 4.78 is 0. The fraction of sp³-hybridized carbons (Fsp3) is 0.267. The van der Waals surface area contributed by atoms with Crippen molar-refractivity contribution in [2.45, 2.75) is 19.5 Å². The van der Waals surface area contributed by atoms with Crippen LogP contribution in [-0.2, 0) is 6.54 Å². The first-order valence-corrected chi connectivity index (χ1v) is 6.65. The summed E-state index contributed by atoms with van der Waals surface area (Å²) in [6.07, 6.45) is 4.61. The van der Waals surface area contributed by atoms with Gasteiger partial charge in [0.15, 0.2) is 0 Å². The van der Waals surface area contributed by atoms with Crippen LogP contribution in [0.3, 0.4) is 0 Å². The number of fused-ring (bicyclic) bond motifs is 1. The predicted molar refractivity (Wildman–Crippen MR) is 76.5 cm³/mol. The molecule has 5 heteroatoms. The molecule has 0 spiro atoms. The van der Waals surface area contributed by atoms with Gasteiger partial charge in [-0.1, -0.05) is 18.2 Å². The Hall–Kier alpha value is -2.27. The molecule has 0 aliphatic carbocycles. The Morgan fingerprint density at radius 2 is 2.20 bits per heavy atom. The number of benzene rings is 1. The number of nitrogens with one attached hydrogen (secondary N) is 1. The molecule has 1 atom stereocenters. The second-order valence-corrected chi connectivity index (χ2v) is 4.92. The summed E-state index contributed by atoms with van der Waals surface area (Å²) in [5.74, 6) is -0.110. The van der Waals surface area contributed by atoms with Crippen molar-refractivity contribution in [1.29, 1.82) is 0 Å². The van der Waals surface area contributed by atoms with Crippen LogP contribution in [0.25, 0.3) is 0 Å². The number of carbonyl (C=O) groups excluding carboxylic acids is 1. The van der Waals surface area contributed by atoms with Crippen LogP contribution in [0, 0.1) is 0 Å². The lowest BCUT2D eigenvalue weighted by Crippen LogP contribution is -2.40. The van der Waals surface area contributed by atoms with Crippen LogP contribution in [0.4, 0.5) is 5.69 Å². The maximum absolute atomic E-state index is 12.7. The Kier molecular flexibility index (Phi) is 3.43. The standard InChI is InChI=1S/C15H16N4O/c1-11-10-19(15(20)13-9-16-6-7-17-13)14-5-3-2-4-12(14)8-18-11/h2-7,9,11,18H,8,10H2,1H3. The second kappa shape index (κ2) is 5.38. The normalized spacial score (nSPS) is 18.2. The Morgan fingerprint density at radius 1 is 1.35 bits per heavy atom. The van der Waals surface area contributed by atoms with Crippen molar-refractivity contribution < 1.29 is 4.79 Å². The molecule has 5 nitrogen and oxygen atoms in total. The molecule has 1 N–H and O–H groups in total. The topological polar surface area (TPSA) is 58.1 Å². The highest BCUT2D eigenvalue weighted by Crippen LogP contribution is 2.24. The molecular weight excluding hydrogens is 252 g/mol. The molecule has 1 amide bonds. The molecule has 3 rings (SSSR count). The van der Waals surface area contributed by atoms with E-state index in [9.17, 15) is 4.79 Å². The van der Waals surface area contributed by atoms with Crippen molar-refractivity contribution in [2.24, 2.45) is 0 Å². The lowest BCUT2D eigenvalue weighted by molar-refractivity contribution is 0.0980. The van der Waals surface area contributed by atoms with E-state index in [2.05, 4.69) is 22.2 Å². The molecule has 0 bridgehead atoms. The number of hydrogen-bond donors (Lipinski definition) is 1. The van der Waals surface area contributed by atoms with E-state index < -0.39 is 0 Å². The molecule has 1 aromatic heterocycles. The van der Waals surface area contributed by atoms with Gasteiger partial charge in [-0.15, -0.1) is 0 Å². The van der Waals surface area contributed by atoms with Gasteiger partial charge in [-0.3, -0.25) is 9.78 Å². The van der Waals surface area contributed by atoms with Crippen LogP contribution in [0.15, 0.2) is 42.9 Å². The number of nitrogens with zero attached hydrogens (tertiary/aromatic N) is 3. The zero-order valence-electron chi connectivity index (χ0n) is 11.3. The number of anilines is 1. The highest BCUT2D eigenvalue weighted by Gasteiger charge is 2.25. The highest BCUT2D eigenvalue weighted by atomic mass is 16.2. The van der Waals surface area contributed by atoms with Crippen molar-refractivity contribution in [2.75, 3.05) is 11.4 Å². The molecule has 0 fully saturated rings. The van der Waals surface area contributed by atoms with Gasteiger partial charge >= 0.3 is 0 Å². The van der Waals surface area contributed by atoms with Gasteiger partial charge in [-0.2, -0.15) is 0 Å². The van der Waals surface area contributed by atoms with Crippen molar-refractivity contribution in [3.8, 4) is 0 Å². The van der Waals surface area contributed by atoms with Crippen LogP contribution >= 0.6 is 0 Å². The van der Waals surface area contributed by atoms with Gasteiger partial charge in [-0.25, -0.2) is 4.98 Å². The van der Waals surface area contributed by atoms with E-state index in [1.165, 1.54) is 6.20 Å². The number of hydrogen-bond acceptors (Lipinski definition) is 4. The first-order chi connectivity index (χ1) is 9.75. The molecular formula is C15H16N4O. The fourth-order valence-electron chi connectivity index (χ4n) is 2.38. The third-order valence-electron chi connectivity index (χ3n) is 3.41. The summed E-state index contributed by atoms with van der Waals surface area (Å²) in [5.41, 5.74) is 2.44. The van der Waals surface area contributed by atoms with Gasteiger partial charge in [0, 0.05) is 37.2 Å². The summed E-state index contributed by atoms with van der Waals surface area (Å²) in [7, 11) is 0. The van der Waals surface area contributed by atoms with Gasteiger partial charge < -0.3 is 10.2 Å². The summed E-state index contributed by atoms with van der Waals surface area (Å²) in [5, 5.41) is 3.41. The zero-order chi connectivity index (χ0) is 13.9. The van der Waals surface area contributed by atoms with Gasteiger partial charge in [0.1, 0.15) is 5.69 Å². The summed E-state index contributed by atoms with van der Waals surface area (Å²) in [6, 6.07) is 8.18. The van der Waals surface area contributed by atoms with Crippen LogP contribution in [0.5, 0.6) is 0 Å². The van der Waals surface area contributed by atoms with Crippen LogP contribution in [-0.4, -0.2) is 28.5 Å². The number of aromatic nitrogens is 2. The molecule has 0 radical (unpaired) electrons. The van der Waals surface area contributed by atoms with E-state index in [1.807, 2.05) is 24.3 Å². The molecule has 102 valence electrons. The zero-order valence-corrected chi connectivity index (χ0v) is 11.3. The highest BCUT2D eigenvalue weighted by molar-refractivity contribution is 6.05. The van der Waals surface area contributed by atoms with Crippen molar-refractivity contribution in [3.63, 3.8) is 0 Å². The van der Waals surface area contributed by atoms with Gasteiger partial charge in [0.05, 0.1) is 6.20 Å². The molecule has 2 heterocycles. The fourth-order valence-corrected chi connectivity index (χ4v) is 2.38. The Labute approximate surface area is 117 Å². The van der Waals surface area contributed by atoms with E-state index >= 15 is 0 Å². The van der Waals surface area contributed by atoms with E-state index in [0.29, 0.717) is 12.2 Å². The molecule has 20 heavy (non-hydrogen) atoms. The van der Waals surface area contributed by atoms with Crippen molar-refractivity contribution in [3.05, 3.63) is 54.1 Å². The molecule has 1 aromatic carbocycles. The number of rotatable bonds is 1. The summed E-state index contributed by atoms with van der Waals surface area (Å²) in [4.78, 5) is 22.5. The Morgan fingerprint density at radius 3 is 3.00 bits per heavy atom. The van der Waals surface area contributed by atoms with Crippen molar-refractivity contribution in [1.82, 2.24) is 15.3 Å². The van der Waals surface area contributed by atoms with E-state index in [4.69, 9.17) is 0 Å². The lowest BCUT2D eigenvalue weighted by atomic mass is 10.1. The van der Waals surface area contributed by atoms with Crippen LogP contribution in [0.2, 0.25) is 0 Å².